The van der Waals surface area contributed by atoms with E-state index in [0.29, 0.717) is 23.3 Å². The van der Waals surface area contributed by atoms with Crippen LogP contribution in [0.15, 0.2) is 41.2 Å². The summed E-state index contributed by atoms with van der Waals surface area (Å²) in [6, 6.07) is 11.0. The molecule has 1 N–H and O–H groups in total. The fourth-order valence-electron chi connectivity index (χ4n) is 2.02. The highest BCUT2D eigenvalue weighted by Gasteiger charge is 2.09. The number of hydrogen-bond donors (Lipinski definition) is 1. The molecule has 0 saturated heterocycles. The number of H-pyrrole nitrogens is 1. The van der Waals surface area contributed by atoms with Gasteiger partial charge in [-0.3, -0.25) is 9.78 Å². The lowest BCUT2D eigenvalue weighted by atomic mass is 10.1. The fraction of sp³-hybridized carbons (Fsp3) is 0.143. The summed E-state index contributed by atoms with van der Waals surface area (Å²) in [5.74, 6) is 1.68. The van der Waals surface area contributed by atoms with Gasteiger partial charge in [-0.1, -0.05) is 30.3 Å². The predicted octanol–water partition coefficient (Wildman–Crippen LogP) is 1.63. The molecule has 0 aliphatic rings. The van der Waals surface area contributed by atoms with Crippen LogP contribution in [0.5, 0.6) is 0 Å². The number of benzene rings is 1. The minimum atomic E-state index is -0.221. The summed E-state index contributed by atoms with van der Waals surface area (Å²) < 4.78 is 1.53. The maximum atomic E-state index is 11.8. The van der Waals surface area contributed by atoms with Crippen molar-refractivity contribution in [2.75, 3.05) is 0 Å². The first kappa shape index (κ1) is 12.3. The van der Waals surface area contributed by atoms with E-state index >= 15 is 0 Å². The van der Waals surface area contributed by atoms with Crippen molar-refractivity contribution in [3.05, 3.63) is 58.4 Å². The normalized spacial score (nSPS) is 10.7. The summed E-state index contributed by atoms with van der Waals surface area (Å²) in [6.45, 7) is 3.61. The Kier molecular flexibility index (Phi) is 2.90. The van der Waals surface area contributed by atoms with Crippen LogP contribution in [-0.2, 0) is 0 Å². The lowest BCUT2D eigenvalue weighted by Crippen LogP contribution is -2.14. The van der Waals surface area contributed by atoms with Crippen LogP contribution in [0.4, 0.5) is 0 Å². The van der Waals surface area contributed by atoms with E-state index in [0.717, 1.165) is 5.56 Å². The molecular formula is C14H13N5O. The van der Waals surface area contributed by atoms with Crippen LogP contribution in [-0.4, -0.2) is 24.7 Å². The first-order chi connectivity index (χ1) is 9.63. The molecule has 0 aliphatic carbocycles. The van der Waals surface area contributed by atoms with E-state index in [9.17, 15) is 4.79 Å². The molecule has 20 heavy (non-hydrogen) atoms. The van der Waals surface area contributed by atoms with E-state index in [4.69, 9.17) is 0 Å². The van der Waals surface area contributed by atoms with E-state index in [1.807, 2.05) is 37.3 Å². The Labute approximate surface area is 115 Å². The van der Waals surface area contributed by atoms with Crippen molar-refractivity contribution in [3.8, 4) is 17.2 Å². The Bertz CT molecular complexity index is 804. The second-order valence-electron chi connectivity index (χ2n) is 4.44. The number of rotatable bonds is 2. The molecule has 0 amide bonds. The molecule has 0 spiro atoms. The monoisotopic (exact) mass is 267 g/mol. The molecule has 0 unspecified atom stereocenters. The van der Waals surface area contributed by atoms with Crippen LogP contribution in [0.2, 0.25) is 0 Å². The highest BCUT2D eigenvalue weighted by atomic mass is 16.1. The first-order valence-corrected chi connectivity index (χ1v) is 6.21. The summed E-state index contributed by atoms with van der Waals surface area (Å²) in [6.07, 6.45) is 0. The van der Waals surface area contributed by atoms with Crippen LogP contribution in [0.3, 0.4) is 0 Å². The third kappa shape index (κ3) is 2.23. The largest absolute Gasteiger partial charge is 0.291 e. The molecule has 6 nitrogen and oxygen atoms in total. The molecule has 1 aromatic carbocycles. The molecule has 100 valence electrons. The summed E-state index contributed by atoms with van der Waals surface area (Å²) in [5.41, 5.74) is 1.27. The maximum Gasteiger partial charge on any atom is 0.252 e. The summed E-state index contributed by atoms with van der Waals surface area (Å²) >= 11 is 0. The lowest BCUT2D eigenvalue weighted by Gasteiger charge is -2.05. The highest BCUT2D eigenvalue weighted by molar-refractivity contribution is 5.58. The molecule has 0 atom stereocenters. The second kappa shape index (κ2) is 4.73. The van der Waals surface area contributed by atoms with Gasteiger partial charge in [0.05, 0.1) is 5.69 Å². The number of nitrogens with zero attached hydrogens (tertiary/aromatic N) is 4. The molecule has 3 aromatic rings. The molecule has 3 rings (SSSR count). The van der Waals surface area contributed by atoms with Gasteiger partial charge >= 0.3 is 0 Å². The van der Waals surface area contributed by atoms with E-state index in [-0.39, 0.29) is 5.56 Å². The molecular weight excluding hydrogens is 254 g/mol. The van der Waals surface area contributed by atoms with Gasteiger partial charge in [0.2, 0.25) is 5.95 Å². The molecule has 2 heterocycles. The predicted molar refractivity (Wildman–Crippen MR) is 74.7 cm³/mol. The number of hydrogen-bond acceptors (Lipinski definition) is 4. The van der Waals surface area contributed by atoms with Crippen LogP contribution >= 0.6 is 0 Å². The Hall–Kier alpha value is -2.76. The van der Waals surface area contributed by atoms with Crippen molar-refractivity contribution >= 4 is 0 Å². The standard InChI is InChI=1S/C14H13N5O/c1-9-15-10(2)19(18-9)14-16-12(8-13(20)17-14)11-6-4-3-5-7-11/h3-8H,1-2H3,(H,16,17,20). The van der Waals surface area contributed by atoms with Gasteiger partial charge in [0.1, 0.15) is 11.6 Å². The van der Waals surface area contributed by atoms with Crippen molar-refractivity contribution in [1.82, 2.24) is 24.7 Å². The molecule has 0 saturated carbocycles. The Morgan fingerprint density at radius 3 is 2.50 bits per heavy atom. The Morgan fingerprint density at radius 2 is 1.85 bits per heavy atom. The lowest BCUT2D eigenvalue weighted by molar-refractivity contribution is 0.767. The Balaban J connectivity index is 2.17. The molecule has 0 aliphatic heterocycles. The molecule has 0 fully saturated rings. The van der Waals surface area contributed by atoms with Gasteiger partial charge in [0, 0.05) is 11.6 Å². The smallest absolute Gasteiger partial charge is 0.252 e. The van der Waals surface area contributed by atoms with E-state index in [1.165, 1.54) is 10.7 Å². The van der Waals surface area contributed by atoms with Gasteiger partial charge < -0.3 is 0 Å². The summed E-state index contributed by atoms with van der Waals surface area (Å²) in [4.78, 5) is 23.2. The Morgan fingerprint density at radius 1 is 1.10 bits per heavy atom. The minimum absolute atomic E-state index is 0.221. The van der Waals surface area contributed by atoms with E-state index in [1.54, 1.807) is 6.92 Å². The van der Waals surface area contributed by atoms with E-state index < -0.39 is 0 Å². The number of aryl methyl sites for hydroxylation is 2. The summed E-state index contributed by atoms with van der Waals surface area (Å²) in [5, 5.41) is 4.23. The quantitative estimate of drug-likeness (QED) is 0.765. The first-order valence-electron chi connectivity index (χ1n) is 6.21. The van der Waals surface area contributed by atoms with Gasteiger partial charge in [-0.2, -0.15) is 4.68 Å². The van der Waals surface area contributed by atoms with Gasteiger partial charge in [-0.15, -0.1) is 5.10 Å². The minimum Gasteiger partial charge on any atom is -0.291 e. The van der Waals surface area contributed by atoms with Crippen molar-refractivity contribution < 1.29 is 0 Å². The third-order valence-corrected chi connectivity index (χ3v) is 2.87. The van der Waals surface area contributed by atoms with Gasteiger partial charge in [-0.05, 0) is 13.8 Å². The number of aromatic nitrogens is 5. The van der Waals surface area contributed by atoms with Crippen LogP contribution < -0.4 is 5.56 Å². The zero-order valence-corrected chi connectivity index (χ0v) is 11.2. The second-order valence-corrected chi connectivity index (χ2v) is 4.44. The summed E-state index contributed by atoms with van der Waals surface area (Å²) in [7, 11) is 0. The third-order valence-electron chi connectivity index (χ3n) is 2.87. The highest BCUT2D eigenvalue weighted by Crippen LogP contribution is 2.15. The van der Waals surface area contributed by atoms with Gasteiger partial charge in [-0.25, -0.2) is 9.97 Å². The number of nitrogens with one attached hydrogen (secondary N) is 1. The van der Waals surface area contributed by atoms with Crippen molar-refractivity contribution in [2.24, 2.45) is 0 Å². The molecule has 0 radical (unpaired) electrons. The zero-order valence-electron chi connectivity index (χ0n) is 11.2. The zero-order chi connectivity index (χ0) is 14.1. The SMILES string of the molecule is Cc1nc(C)n(-c2nc(-c3ccccc3)cc(=O)[nH]2)n1. The van der Waals surface area contributed by atoms with Crippen molar-refractivity contribution in [1.29, 1.82) is 0 Å². The average molecular weight is 267 g/mol. The van der Waals surface area contributed by atoms with Crippen molar-refractivity contribution in [2.45, 2.75) is 13.8 Å². The fourth-order valence-corrected chi connectivity index (χ4v) is 2.02. The number of aromatic amines is 1. The molecule has 2 aromatic heterocycles. The molecule has 6 heteroatoms. The van der Waals surface area contributed by atoms with Crippen LogP contribution in [0, 0.1) is 13.8 Å². The maximum absolute atomic E-state index is 11.8. The topological polar surface area (TPSA) is 76.5 Å². The van der Waals surface area contributed by atoms with Gasteiger partial charge in [0.25, 0.3) is 5.56 Å². The van der Waals surface area contributed by atoms with Crippen molar-refractivity contribution in [3.63, 3.8) is 0 Å². The molecule has 0 bridgehead atoms. The van der Waals surface area contributed by atoms with E-state index in [2.05, 4.69) is 20.1 Å². The van der Waals surface area contributed by atoms with Crippen LogP contribution in [0.25, 0.3) is 17.2 Å². The van der Waals surface area contributed by atoms with Crippen LogP contribution in [0.1, 0.15) is 11.6 Å². The average Bonchev–Trinajstić information content (AvgIpc) is 2.78. The van der Waals surface area contributed by atoms with Gasteiger partial charge in [0.15, 0.2) is 0 Å².